The molecule has 0 unspecified atom stereocenters. The van der Waals surface area contributed by atoms with E-state index in [1.807, 2.05) is 30.3 Å². The van der Waals surface area contributed by atoms with Crippen LogP contribution in [0.15, 0.2) is 51.9 Å². The summed E-state index contributed by atoms with van der Waals surface area (Å²) in [6.45, 7) is 3.10. The van der Waals surface area contributed by atoms with Gasteiger partial charge in [0.2, 0.25) is 5.91 Å². The van der Waals surface area contributed by atoms with E-state index in [0.717, 1.165) is 5.56 Å². The fourth-order valence-electron chi connectivity index (χ4n) is 2.74. The van der Waals surface area contributed by atoms with Gasteiger partial charge in [0, 0.05) is 32.3 Å². The zero-order chi connectivity index (χ0) is 18.4. The van der Waals surface area contributed by atoms with E-state index in [2.05, 4.69) is 15.9 Å². The minimum Gasteiger partial charge on any atom is -0.487 e. The Morgan fingerprint density at radius 1 is 1.15 bits per heavy atom. The Balaban J connectivity index is 1.60. The Morgan fingerprint density at radius 2 is 1.88 bits per heavy atom. The van der Waals surface area contributed by atoms with Crippen LogP contribution in [0.5, 0.6) is 5.75 Å². The number of hydrogen-bond acceptors (Lipinski definition) is 4. The molecule has 1 aliphatic rings. The number of aromatic nitrogens is 1. The lowest BCUT2D eigenvalue weighted by molar-refractivity contribution is -0.135. The number of aryl methyl sites for hydroxylation is 1. The first-order valence-electron chi connectivity index (χ1n) is 8.56. The largest absolute Gasteiger partial charge is 0.487 e. The zero-order valence-electron chi connectivity index (χ0n) is 14.4. The van der Waals surface area contributed by atoms with E-state index in [0.29, 0.717) is 49.7 Å². The third-order valence-corrected chi connectivity index (χ3v) is 4.97. The molecule has 0 N–H and O–H groups in total. The van der Waals surface area contributed by atoms with Gasteiger partial charge >= 0.3 is 0 Å². The van der Waals surface area contributed by atoms with Crippen molar-refractivity contribution in [3.8, 4) is 5.75 Å². The van der Waals surface area contributed by atoms with E-state index in [1.165, 1.54) is 4.57 Å². The lowest BCUT2D eigenvalue weighted by atomic mass is 10.2. The molecule has 0 bridgehead atoms. The van der Waals surface area contributed by atoms with Crippen molar-refractivity contribution in [3.05, 3.63) is 63.0 Å². The number of amides is 1. The molecule has 0 saturated carbocycles. The minimum absolute atomic E-state index is 0.0423. The summed E-state index contributed by atoms with van der Waals surface area (Å²) in [6, 6.07) is 11.5. The van der Waals surface area contributed by atoms with Gasteiger partial charge in [0.1, 0.15) is 16.8 Å². The van der Waals surface area contributed by atoms with Crippen molar-refractivity contribution in [1.29, 1.82) is 0 Å². The summed E-state index contributed by atoms with van der Waals surface area (Å²) in [5, 5.41) is 0. The van der Waals surface area contributed by atoms with Gasteiger partial charge < -0.3 is 18.9 Å². The van der Waals surface area contributed by atoms with E-state index >= 15 is 0 Å². The molecule has 2 aromatic rings. The van der Waals surface area contributed by atoms with E-state index < -0.39 is 0 Å². The maximum absolute atomic E-state index is 12.5. The van der Waals surface area contributed by atoms with Gasteiger partial charge in [0.25, 0.3) is 5.56 Å². The summed E-state index contributed by atoms with van der Waals surface area (Å²) in [5.41, 5.74) is 0.824. The normalized spacial score (nSPS) is 14.3. The Morgan fingerprint density at radius 3 is 2.62 bits per heavy atom. The first-order chi connectivity index (χ1) is 12.6. The smallest absolute Gasteiger partial charge is 0.268 e. The second kappa shape index (κ2) is 9.00. The monoisotopic (exact) mass is 420 g/mol. The van der Waals surface area contributed by atoms with E-state index in [1.54, 1.807) is 17.2 Å². The van der Waals surface area contributed by atoms with Gasteiger partial charge in [0.15, 0.2) is 0 Å². The highest BCUT2D eigenvalue weighted by Gasteiger charge is 2.17. The lowest BCUT2D eigenvalue weighted by Gasteiger charge is -2.27. The summed E-state index contributed by atoms with van der Waals surface area (Å²) >= 11 is 3.32. The third kappa shape index (κ3) is 4.74. The second-order valence-electron chi connectivity index (χ2n) is 6.01. The molecule has 26 heavy (non-hydrogen) atoms. The SMILES string of the molecule is O=C(CCn1ccc(OCc2ccccc2)c(Br)c1=O)N1CCOCC1. The van der Waals surface area contributed by atoms with Crippen LogP contribution in [0.25, 0.3) is 0 Å². The van der Waals surface area contributed by atoms with Crippen LogP contribution in [0, 0.1) is 0 Å². The molecule has 0 radical (unpaired) electrons. The van der Waals surface area contributed by atoms with Crippen LogP contribution < -0.4 is 10.3 Å². The van der Waals surface area contributed by atoms with Crippen LogP contribution in [0.2, 0.25) is 0 Å². The third-order valence-electron chi connectivity index (χ3n) is 4.24. The van der Waals surface area contributed by atoms with Crippen LogP contribution in [-0.2, 0) is 22.7 Å². The number of carbonyl (C=O) groups is 1. The zero-order valence-corrected chi connectivity index (χ0v) is 16.0. The molecule has 1 saturated heterocycles. The van der Waals surface area contributed by atoms with Crippen LogP contribution in [-0.4, -0.2) is 41.7 Å². The number of carbonyl (C=O) groups excluding carboxylic acids is 1. The van der Waals surface area contributed by atoms with Gasteiger partial charge in [-0.1, -0.05) is 30.3 Å². The first-order valence-corrected chi connectivity index (χ1v) is 9.35. The molecule has 1 aliphatic heterocycles. The van der Waals surface area contributed by atoms with E-state index in [4.69, 9.17) is 9.47 Å². The topological polar surface area (TPSA) is 60.8 Å². The summed E-state index contributed by atoms with van der Waals surface area (Å²) in [4.78, 5) is 26.5. The van der Waals surface area contributed by atoms with Crippen molar-refractivity contribution in [3.63, 3.8) is 0 Å². The van der Waals surface area contributed by atoms with Crippen molar-refractivity contribution in [2.75, 3.05) is 26.3 Å². The van der Waals surface area contributed by atoms with E-state index in [-0.39, 0.29) is 17.9 Å². The summed E-state index contributed by atoms with van der Waals surface area (Å²) in [7, 11) is 0. The van der Waals surface area contributed by atoms with Gasteiger partial charge in [-0.2, -0.15) is 0 Å². The molecule has 0 aliphatic carbocycles. The predicted octanol–water partition coefficient (Wildman–Crippen LogP) is 2.44. The fourth-order valence-corrected chi connectivity index (χ4v) is 3.21. The van der Waals surface area contributed by atoms with Gasteiger partial charge in [-0.25, -0.2) is 0 Å². The number of pyridine rings is 1. The van der Waals surface area contributed by atoms with Crippen molar-refractivity contribution in [2.45, 2.75) is 19.6 Å². The van der Waals surface area contributed by atoms with Crippen molar-refractivity contribution in [2.24, 2.45) is 0 Å². The maximum atomic E-state index is 12.5. The molecule has 0 spiro atoms. The van der Waals surface area contributed by atoms with Gasteiger partial charge in [0.05, 0.1) is 13.2 Å². The Bertz CT molecular complexity index is 801. The van der Waals surface area contributed by atoms with Crippen molar-refractivity contribution < 1.29 is 14.3 Å². The number of halogens is 1. The molecule has 1 amide bonds. The Labute approximate surface area is 160 Å². The molecule has 1 fully saturated rings. The molecule has 138 valence electrons. The van der Waals surface area contributed by atoms with Gasteiger partial charge in [-0.05, 0) is 27.6 Å². The van der Waals surface area contributed by atoms with Crippen LogP contribution >= 0.6 is 15.9 Å². The number of hydrogen-bond donors (Lipinski definition) is 0. The van der Waals surface area contributed by atoms with Crippen molar-refractivity contribution in [1.82, 2.24) is 9.47 Å². The summed E-state index contributed by atoms with van der Waals surface area (Å²) in [5.74, 6) is 0.537. The van der Waals surface area contributed by atoms with Gasteiger partial charge in [-0.3, -0.25) is 9.59 Å². The fraction of sp³-hybridized carbons (Fsp3) is 0.368. The molecule has 0 atom stereocenters. The number of morpholine rings is 1. The van der Waals surface area contributed by atoms with Gasteiger partial charge in [-0.15, -0.1) is 0 Å². The predicted molar refractivity (Wildman–Crippen MR) is 101 cm³/mol. The molecule has 1 aromatic carbocycles. The summed E-state index contributed by atoms with van der Waals surface area (Å²) < 4.78 is 12.9. The molecule has 3 rings (SSSR count). The maximum Gasteiger partial charge on any atom is 0.268 e. The van der Waals surface area contributed by atoms with Crippen LogP contribution in [0.1, 0.15) is 12.0 Å². The average Bonchev–Trinajstić information content (AvgIpc) is 2.69. The van der Waals surface area contributed by atoms with Crippen LogP contribution in [0.4, 0.5) is 0 Å². The Kier molecular flexibility index (Phi) is 6.46. The number of nitrogens with zero attached hydrogens (tertiary/aromatic N) is 2. The molecular weight excluding hydrogens is 400 g/mol. The highest BCUT2D eigenvalue weighted by molar-refractivity contribution is 9.10. The average molecular weight is 421 g/mol. The number of rotatable bonds is 6. The quantitative estimate of drug-likeness (QED) is 0.719. The lowest BCUT2D eigenvalue weighted by Crippen LogP contribution is -2.41. The molecule has 1 aromatic heterocycles. The standard InChI is InChI=1S/C19H21BrN2O4/c20-18-16(26-14-15-4-2-1-3-5-15)6-8-22(19(18)24)9-7-17(23)21-10-12-25-13-11-21/h1-6,8H,7,9-14H2. The number of benzene rings is 1. The molecule has 2 heterocycles. The molecular formula is C19H21BrN2O4. The molecule has 7 heteroatoms. The van der Waals surface area contributed by atoms with Crippen LogP contribution in [0.3, 0.4) is 0 Å². The molecule has 6 nitrogen and oxygen atoms in total. The first kappa shape index (κ1) is 18.7. The van der Waals surface area contributed by atoms with E-state index in [9.17, 15) is 9.59 Å². The number of ether oxygens (including phenoxy) is 2. The minimum atomic E-state index is -0.203. The van der Waals surface area contributed by atoms with Crippen molar-refractivity contribution >= 4 is 21.8 Å². The highest BCUT2D eigenvalue weighted by atomic mass is 79.9. The summed E-state index contributed by atoms with van der Waals surface area (Å²) in [6.07, 6.45) is 1.95. The Hall–Kier alpha value is -2.12. The highest BCUT2D eigenvalue weighted by Crippen LogP contribution is 2.21. The second-order valence-corrected chi connectivity index (χ2v) is 6.80.